The Morgan fingerprint density at radius 1 is 1.34 bits per heavy atom. The van der Waals surface area contributed by atoms with Crippen molar-refractivity contribution in [1.29, 1.82) is 0 Å². The Morgan fingerprint density at radius 3 is 2.62 bits per heavy atom. The van der Waals surface area contributed by atoms with E-state index in [1.807, 2.05) is 12.1 Å². The molecule has 0 spiro atoms. The van der Waals surface area contributed by atoms with E-state index in [-0.39, 0.29) is 17.1 Å². The van der Waals surface area contributed by atoms with E-state index in [0.717, 1.165) is 30.0 Å². The highest BCUT2D eigenvalue weighted by atomic mass is 32.1. The first kappa shape index (κ1) is 21.1. The van der Waals surface area contributed by atoms with Gasteiger partial charge < -0.3 is 21.5 Å². The maximum absolute atomic E-state index is 11.6. The average Bonchev–Trinajstić information content (AvgIpc) is 3.28. The van der Waals surface area contributed by atoms with Gasteiger partial charge in [-0.3, -0.25) is 10.1 Å². The van der Waals surface area contributed by atoms with Crippen LogP contribution in [-0.2, 0) is 0 Å². The van der Waals surface area contributed by atoms with Gasteiger partial charge in [-0.1, -0.05) is 20.8 Å². The van der Waals surface area contributed by atoms with Gasteiger partial charge in [0.05, 0.1) is 5.56 Å². The van der Waals surface area contributed by atoms with Crippen LogP contribution < -0.4 is 26.8 Å². The van der Waals surface area contributed by atoms with E-state index >= 15 is 0 Å². The minimum atomic E-state index is -0.752. The van der Waals surface area contributed by atoms with Crippen LogP contribution in [0.25, 0.3) is 10.4 Å². The molecule has 29 heavy (non-hydrogen) atoms. The minimum Gasteiger partial charge on any atom is -0.473 e. The number of rotatable bonds is 6. The van der Waals surface area contributed by atoms with Crippen LogP contribution in [0.5, 0.6) is 5.88 Å². The van der Waals surface area contributed by atoms with E-state index in [2.05, 4.69) is 36.4 Å². The third kappa shape index (κ3) is 5.04. The van der Waals surface area contributed by atoms with Gasteiger partial charge in [-0.05, 0) is 30.5 Å². The van der Waals surface area contributed by atoms with Crippen LogP contribution >= 0.6 is 11.3 Å². The second kappa shape index (κ2) is 8.38. The van der Waals surface area contributed by atoms with Crippen LogP contribution in [0, 0.1) is 11.3 Å². The van der Waals surface area contributed by atoms with Gasteiger partial charge in [0, 0.05) is 35.2 Å². The molecule has 3 rings (SSSR count). The lowest BCUT2D eigenvalue weighted by atomic mass is 9.80. The van der Waals surface area contributed by atoms with E-state index in [9.17, 15) is 9.59 Å². The molecule has 1 saturated heterocycles. The fourth-order valence-corrected chi connectivity index (χ4v) is 4.62. The number of carbonyl (C=O) groups excluding carboxylic acids is 2. The first-order valence-electron chi connectivity index (χ1n) is 9.49. The number of aromatic nitrogens is 1. The molecule has 1 aliphatic heterocycles. The van der Waals surface area contributed by atoms with Gasteiger partial charge in [0.15, 0.2) is 0 Å². The number of urea groups is 1. The molecule has 156 valence electrons. The molecule has 3 amide bonds. The SMILES string of the molecule is CC(C)(C)C(Oc1ccc(-c2cc(C(N)=O)c(NC(N)=O)s2)cn1)C1CCNC1. The zero-order valence-electron chi connectivity index (χ0n) is 16.8. The number of hydrogen-bond donors (Lipinski definition) is 4. The van der Waals surface area contributed by atoms with Crippen molar-refractivity contribution < 1.29 is 14.3 Å². The minimum absolute atomic E-state index is 0.0174. The number of amides is 3. The van der Waals surface area contributed by atoms with Crippen molar-refractivity contribution in [3.63, 3.8) is 0 Å². The number of carbonyl (C=O) groups is 2. The molecule has 1 aliphatic rings. The monoisotopic (exact) mass is 417 g/mol. The number of nitrogens with zero attached hydrogens (tertiary/aromatic N) is 1. The summed E-state index contributed by atoms with van der Waals surface area (Å²) in [6.07, 6.45) is 2.82. The van der Waals surface area contributed by atoms with Gasteiger partial charge in [-0.15, -0.1) is 11.3 Å². The van der Waals surface area contributed by atoms with E-state index in [1.54, 1.807) is 12.3 Å². The summed E-state index contributed by atoms with van der Waals surface area (Å²) < 4.78 is 6.28. The molecule has 2 atom stereocenters. The number of nitrogens with two attached hydrogens (primary N) is 2. The van der Waals surface area contributed by atoms with Gasteiger partial charge in [0.1, 0.15) is 11.1 Å². The third-order valence-corrected chi connectivity index (χ3v) is 5.98. The number of nitrogens with one attached hydrogen (secondary N) is 2. The van der Waals surface area contributed by atoms with Crippen molar-refractivity contribution in [3.8, 4) is 16.3 Å². The van der Waals surface area contributed by atoms with Crippen LogP contribution in [0.3, 0.4) is 0 Å². The lowest BCUT2D eigenvalue weighted by molar-refractivity contribution is 0.0372. The standard InChI is InChI=1S/C20H27N5O3S/c1-20(2,3)16(12-6-7-23-9-12)28-15-5-4-11(10-24-15)14-8-13(17(21)26)18(29-14)25-19(22)27/h4-5,8,10,12,16,23H,6-7,9H2,1-3H3,(H2,21,26)(H3,22,25,27). The molecule has 2 aromatic rings. The molecule has 0 aliphatic carbocycles. The summed E-state index contributed by atoms with van der Waals surface area (Å²) in [4.78, 5) is 28.0. The van der Waals surface area contributed by atoms with Gasteiger partial charge in [-0.2, -0.15) is 0 Å². The zero-order valence-corrected chi connectivity index (χ0v) is 17.6. The second-order valence-electron chi connectivity index (χ2n) is 8.25. The Morgan fingerprint density at radius 2 is 2.10 bits per heavy atom. The first-order chi connectivity index (χ1) is 13.6. The van der Waals surface area contributed by atoms with Crippen LogP contribution in [-0.4, -0.2) is 36.1 Å². The molecule has 8 nitrogen and oxygen atoms in total. The van der Waals surface area contributed by atoms with Crippen LogP contribution in [0.4, 0.5) is 9.80 Å². The van der Waals surface area contributed by atoms with E-state index in [0.29, 0.717) is 16.8 Å². The summed E-state index contributed by atoms with van der Waals surface area (Å²) in [5.41, 5.74) is 11.5. The van der Waals surface area contributed by atoms with Crippen LogP contribution in [0.15, 0.2) is 24.4 Å². The Bertz CT molecular complexity index is 883. The van der Waals surface area contributed by atoms with Crippen molar-refractivity contribution in [3.05, 3.63) is 30.0 Å². The predicted molar refractivity (Wildman–Crippen MR) is 114 cm³/mol. The largest absolute Gasteiger partial charge is 0.473 e. The number of anilines is 1. The number of thiophene rings is 1. The molecular formula is C20H27N5O3S. The van der Waals surface area contributed by atoms with Gasteiger partial charge in [0.2, 0.25) is 5.88 Å². The summed E-state index contributed by atoms with van der Waals surface area (Å²) in [7, 11) is 0. The molecule has 2 aromatic heterocycles. The van der Waals surface area contributed by atoms with E-state index < -0.39 is 11.9 Å². The van der Waals surface area contributed by atoms with Crippen molar-refractivity contribution in [2.75, 3.05) is 18.4 Å². The van der Waals surface area contributed by atoms with Crippen molar-refractivity contribution in [1.82, 2.24) is 10.3 Å². The number of ether oxygens (including phenoxy) is 1. The van der Waals surface area contributed by atoms with Crippen molar-refractivity contribution >= 4 is 28.3 Å². The van der Waals surface area contributed by atoms with Crippen molar-refractivity contribution in [2.45, 2.75) is 33.3 Å². The molecule has 0 radical (unpaired) electrons. The number of hydrogen-bond acceptors (Lipinski definition) is 6. The summed E-state index contributed by atoms with van der Waals surface area (Å²) in [6, 6.07) is 4.57. The van der Waals surface area contributed by atoms with Gasteiger partial charge >= 0.3 is 6.03 Å². The summed E-state index contributed by atoms with van der Waals surface area (Å²) >= 11 is 1.21. The summed E-state index contributed by atoms with van der Waals surface area (Å²) in [5.74, 6) is 0.361. The topological polar surface area (TPSA) is 132 Å². The molecule has 1 fully saturated rings. The quantitative estimate of drug-likeness (QED) is 0.574. The molecule has 2 unspecified atom stereocenters. The Kier molecular flexibility index (Phi) is 6.09. The smallest absolute Gasteiger partial charge is 0.317 e. The molecule has 0 saturated carbocycles. The van der Waals surface area contributed by atoms with Gasteiger partial charge in [-0.25, -0.2) is 9.78 Å². The molecule has 3 heterocycles. The average molecular weight is 418 g/mol. The van der Waals surface area contributed by atoms with E-state index in [1.165, 1.54) is 11.3 Å². The highest BCUT2D eigenvalue weighted by Crippen LogP contribution is 2.36. The third-order valence-electron chi connectivity index (χ3n) is 4.88. The first-order valence-corrected chi connectivity index (χ1v) is 10.3. The fraction of sp³-hybridized carbons (Fsp3) is 0.450. The molecule has 6 N–H and O–H groups in total. The highest BCUT2D eigenvalue weighted by molar-refractivity contribution is 7.20. The van der Waals surface area contributed by atoms with Crippen LogP contribution in [0.1, 0.15) is 37.6 Å². The summed E-state index contributed by atoms with van der Waals surface area (Å²) in [5, 5.41) is 6.15. The van der Waals surface area contributed by atoms with Gasteiger partial charge in [0.25, 0.3) is 5.91 Å². The molecular weight excluding hydrogens is 390 g/mol. The van der Waals surface area contributed by atoms with Crippen molar-refractivity contribution in [2.24, 2.45) is 22.8 Å². The van der Waals surface area contributed by atoms with Crippen LogP contribution in [0.2, 0.25) is 0 Å². The highest BCUT2D eigenvalue weighted by Gasteiger charge is 2.36. The fourth-order valence-electron chi connectivity index (χ4n) is 3.56. The lowest BCUT2D eigenvalue weighted by Gasteiger charge is -2.34. The molecule has 0 aromatic carbocycles. The maximum atomic E-state index is 11.6. The molecule has 0 bridgehead atoms. The lowest BCUT2D eigenvalue weighted by Crippen LogP contribution is -2.40. The number of pyridine rings is 1. The Hall–Kier alpha value is -2.65. The molecule has 9 heteroatoms. The summed E-state index contributed by atoms with van der Waals surface area (Å²) in [6.45, 7) is 8.48. The Balaban J connectivity index is 1.81. The van der Waals surface area contributed by atoms with E-state index in [4.69, 9.17) is 16.2 Å². The second-order valence-corrected chi connectivity index (χ2v) is 9.30. The number of primary amides is 2. The normalized spacial score (nSPS) is 17.7. The maximum Gasteiger partial charge on any atom is 0.317 e. The Labute approximate surface area is 174 Å². The predicted octanol–water partition coefficient (Wildman–Crippen LogP) is 2.80. The zero-order chi connectivity index (χ0) is 21.2.